The molecule has 650 valence electrons. The van der Waals surface area contributed by atoms with E-state index in [1.807, 2.05) is 20.5 Å². The largest absolute Gasteiger partial charge is 1.00 e. The second-order valence-corrected chi connectivity index (χ2v) is 24.7. The average Bonchev–Trinajstić information content (AvgIpc) is 1.67. The summed E-state index contributed by atoms with van der Waals surface area (Å²) in [7, 11) is 2.42. The normalized spacial score (nSPS) is 9.85. The molecule has 5 heterocycles. The number of aromatic amines is 5. The maximum atomic E-state index is 13.3. The SMILES string of the molecule is C.C#N.C=Cc1cc(F)cc2[nH]c(C(=O)OCC)cc12.CC.CCOC(=O)/C(=C/c1ccc(F)cc1Br)N=[N+]=[N-].CCOC(=O)c1cc2c(Br)cc(F)cc2[nH]1.CCOC(=O)c1cc2c(C(F)F)cc(F)cc2[nH]1.CCOC(=O)c1cc2c(C=O)cc(F)cc2[nH]1.CP.O=C(O)c1cc2c(C(F)F)cc(F)cc2[nH]1.O=Cc1ccc(F)cc1Br.[C-]#[O+].[CH3-].[K+]. The molecule has 7 aromatic carbocycles. The minimum absolute atomic E-state index is 0. The number of hydrogen-bond donors (Lipinski definition) is 6. The van der Waals surface area contributed by atoms with Crippen molar-refractivity contribution in [2.45, 2.75) is 68.7 Å². The first kappa shape index (κ1) is 114. The molecule has 1 unspecified atom stereocenters. The van der Waals surface area contributed by atoms with Crippen LogP contribution in [0.4, 0.5) is 48.3 Å². The number of carbonyl (C=O) groups excluding carboxylic acids is 7. The second-order valence-electron chi connectivity index (χ2n) is 22.1. The molecule has 0 radical (unpaired) electrons. The van der Waals surface area contributed by atoms with Crippen LogP contribution in [-0.2, 0) is 33.1 Å². The summed E-state index contributed by atoms with van der Waals surface area (Å²) in [5, 5.41) is 20.6. The molecule has 6 N–H and O–H groups in total. The number of carbonyl (C=O) groups is 8. The number of nitrogens with one attached hydrogen (secondary N) is 5. The van der Waals surface area contributed by atoms with Gasteiger partial charge in [0.1, 0.15) is 74.9 Å². The Balaban J connectivity index is 0. The van der Waals surface area contributed by atoms with Gasteiger partial charge in [0.15, 0.2) is 12.6 Å². The molecule has 12 aromatic rings. The summed E-state index contributed by atoms with van der Waals surface area (Å²) >= 11 is 9.42. The molecule has 0 aliphatic carbocycles. The van der Waals surface area contributed by atoms with Crippen LogP contribution in [0.15, 0.2) is 158 Å². The molecule has 0 saturated carbocycles. The van der Waals surface area contributed by atoms with Gasteiger partial charge in [0, 0.05) is 96.2 Å². The zero-order valence-corrected chi connectivity index (χ0v) is 75.3. The van der Waals surface area contributed by atoms with E-state index in [1.165, 1.54) is 84.9 Å². The van der Waals surface area contributed by atoms with Gasteiger partial charge in [-0.3, -0.25) is 9.59 Å². The third-order valence-corrected chi connectivity index (χ3v) is 16.6. The maximum Gasteiger partial charge on any atom is 1.00 e. The van der Waals surface area contributed by atoms with Crippen molar-refractivity contribution in [3.8, 4) is 6.57 Å². The Labute approximate surface area is 767 Å². The topological polar surface area (TPSA) is 374 Å². The van der Waals surface area contributed by atoms with Crippen molar-refractivity contribution in [2.24, 2.45) is 5.11 Å². The Bertz CT molecular complexity index is 5580. The van der Waals surface area contributed by atoms with Gasteiger partial charge in [-0.25, -0.2) is 82.3 Å². The van der Waals surface area contributed by atoms with Crippen molar-refractivity contribution in [3.05, 3.63) is 280 Å². The summed E-state index contributed by atoms with van der Waals surface area (Å²) < 4.78 is 174. The number of azide groups is 1. The van der Waals surface area contributed by atoms with Gasteiger partial charge in [-0.1, -0.05) is 67.7 Å². The van der Waals surface area contributed by atoms with E-state index < -0.39 is 83.1 Å². The van der Waals surface area contributed by atoms with Gasteiger partial charge < -0.3 is 61.1 Å². The number of rotatable bonds is 18. The fourth-order valence-electron chi connectivity index (χ4n) is 9.84. The van der Waals surface area contributed by atoms with E-state index in [0.717, 1.165) is 41.1 Å². The molecule has 0 saturated heterocycles. The van der Waals surface area contributed by atoms with Gasteiger partial charge in [-0.05, 0) is 211 Å². The second kappa shape index (κ2) is 59.0. The van der Waals surface area contributed by atoms with Gasteiger partial charge in [-0.15, -0.1) is 9.24 Å². The van der Waals surface area contributed by atoms with Crippen LogP contribution >= 0.6 is 57.0 Å². The van der Waals surface area contributed by atoms with Crippen LogP contribution in [0.25, 0.3) is 77.1 Å². The number of carboxylic acids is 1. The standard InChI is InChI=1S/C13H12FNO2.C12H10F3NO2.C12H10FNO3.C11H9BrFN3O2.C11H9BrFNO2.C10H6F3NO2.C7H4BrFO.C2H6.CHN.CO.CH5P.CH4.CH3.K/c1-3-8-5-9(14)6-11-10(8)7-12(15-11)13(16)17-4-2;1-2-18-12(17)10-5-7-8(11(14)15)3-6(13)4-9(7)16-10;1-2-17-12(16)11-5-9-7(6-15)3-8(13)4-10(9)14-11;1-2-18-11(17)10(15-16-14)5-7-3-4-8(13)6-9(7)12;1-2-16-11(15)10-5-7-8(12)3-6(13)4-9(7)14-10;11-4-1-6(9(12)13)5-3-8(10(15)16)14-7(5)2-4;8-7-3-6(9)2-1-5(7)4-10;4*1-2;;;/h3,5-7,15H,1,4H2,2H3;3-5,11,16H,2H2,1H3;3-6,14H,2H2,1H3;3-6H,2H2,1H3;3-5,14H,2H2,1H3;1-3,9,14H,(H,15,16);1-4H;1-2H3;1H;;2H2,1H3;1H4;1H3;/q;;;;;;;;;;;;-1;+1/b;;;10-5-;;;;;;;;;;. The number of halogens is 14. The minimum atomic E-state index is -2.85. The molecule has 0 aliphatic heterocycles. The summed E-state index contributed by atoms with van der Waals surface area (Å²) in [6, 6.07) is 26.2. The van der Waals surface area contributed by atoms with E-state index in [9.17, 15) is 86.7 Å². The Kier molecular flexibility index (Phi) is 54.8. The fourth-order valence-corrected chi connectivity index (χ4v) is 11.3. The number of benzene rings is 7. The summed E-state index contributed by atoms with van der Waals surface area (Å²) in [6.07, 6.45) is -1.57. The van der Waals surface area contributed by atoms with E-state index in [2.05, 4.69) is 112 Å². The average molecular weight is 1960 g/mol. The van der Waals surface area contributed by atoms with Crippen molar-refractivity contribution < 1.29 is 171 Å². The number of H-pyrrole nitrogens is 5. The van der Waals surface area contributed by atoms with Crippen LogP contribution in [0.1, 0.15) is 164 Å². The Morgan fingerprint density at radius 2 is 0.780 bits per heavy atom. The number of alkyl halides is 4. The van der Waals surface area contributed by atoms with Crippen LogP contribution in [0.2, 0.25) is 0 Å². The zero-order chi connectivity index (χ0) is 90.8. The summed E-state index contributed by atoms with van der Waals surface area (Å²) in [6.45, 7) is 27.2. The molecular formula is C83H79Br3F11KN9O15P. The van der Waals surface area contributed by atoms with E-state index in [4.69, 9.17) is 44.2 Å². The minimum Gasteiger partial charge on any atom is -0.358 e. The quantitative estimate of drug-likeness (QED) is 0.00378. The molecule has 0 amide bonds. The predicted molar refractivity (Wildman–Crippen MR) is 453 cm³/mol. The number of aromatic carboxylic acids is 1. The van der Waals surface area contributed by atoms with Crippen LogP contribution in [0, 0.1) is 66.6 Å². The molecule has 0 fully saturated rings. The molecule has 1 atom stereocenters. The van der Waals surface area contributed by atoms with Crippen molar-refractivity contribution in [3.63, 3.8) is 0 Å². The molecule has 12 rings (SSSR count). The van der Waals surface area contributed by atoms with Crippen LogP contribution in [0.3, 0.4) is 0 Å². The number of carboxylic acid groups (broad SMARTS) is 1. The number of nitriles is 1. The fraction of sp³-hybridized carbons (Fsp3) is 0.193. The number of ether oxygens (including phenoxy) is 5. The first-order chi connectivity index (χ1) is 57.2. The van der Waals surface area contributed by atoms with Crippen LogP contribution in [-0.4, -0.2) is 118 Å². The first-order valence-corrected chi connectivity index (χ1v) is 37.9. The summed E-state index contributed by atoms with van der Waals surface area (Å²) in [5.74, 6) is -7.73. The third kappa shape index (κ3) is 34.8. The van der Waals surface area contributed by atoms with Crippen molar-refractivity contribution >= 4 is 172 Å². The van der Waals surface area contributed by atoms with E-state index in [1.54, 1.807) is 52.8 Å². The van der Waals surface area contributed by atoms with E-state index in [-0.39, 0.29) is 154 Å². The van der Waals surface area contributed by atoms with Gasteiger partial charge in [0.25, 0.3) is 12.9 Å². The van der Waals surface area contributed by atoms with Crippen molar-refractivity contribution in [2.75, 3.05) is 39.7 Å². The molecule has 0 bridgehead atoms. The number of fused-ring (bicyclic) bond motifs is 5. The maximum absolute atomic E-state index is 13.3. The third-order valence-electron chi connectivity index (χ3n) is 14.6. The number of aldehydes is 2. The monoisotopic (exact) mass is 1960 g/mol. The Morgan fingerprint density at radius 3 is 1.11 bits per heavy atom. The van der Waals surface area contributed by atoms with Crippen molar-refractivity contribution in [1.29, 1.82) is 5.26 Å². The number of nitrogens with zero attached hydrogens (tertiary/aromatic N) is 4. The smallest absolute Gasteiger partial charge is 0.358 e. The molecule has 123 heavy (non-hydrogen) atoms. The van der Waals surface area contributed by atoms with Gasteiger partial charge in [0.2, 0.25) is 0 Å². The van der Waals surface area contributed by atoms with Gasteiger partial charge in [0.05, 0.1) is 38.6 Å². The van der Waals surface area contributed by atoms with Crippen LogP contribution in [0.5, 0.6) is 0 Å². The Hall–Kier alpha value is -10.8. The zero-order valence-electron chi connectivity index (χ0n) is 66.2. The van der Waals surface area contributed by atoms with Crippen molar-refractivity contribution in [1.82, 2.24) is 24.9 Å². The molecule has 5 aromatic heterocycles. The summed E-state index contributed by atoms with van der Waals surface area (Å²) in [5.41, 5.74) is 11.4. The molecular weight excluding hydrogens is 1880 g/mol. The van der Waals surface area contributed by atoms with E-state index in [0.29, 0.717) is 95.3 Å². The summed E-state index contributed by atoms with van der Waals surface area (Å²) in [4.78, 5) is 105. The molecule has 24 nitrogen and oxygen atoms in total. The first-order valence-electron chi connectivity index (χ1n) is 34.4. The molecule has 0 aliphatic rings. The van der Waals surface area contributed by atoms with E-state index >= 15 is 0 Å². The molecule has 40 heteroatoms. The predicted octanol–water partition coefficient (Wildman–Crippen LogP) is 20.9. The Morgan fingerprint density at radius 1 is 0.488 bits per heavy atom. The van der Waals surface area contributed by atoms with Gasteiger partial charge in [-0.2, -0.15) is 0 Å². The number of esters is 5. The molecule has 0 spiro atoms. The van der Waals surface area contributed by atoms with Gasteiger partial charge >= 0.3 is 98.5 Å². The number of aromatic nitrogens is 5. The van der Waals surface area contributed by atoms with Crippen LogP contribution < -0.4 is 51.4 Å². The number of hydrogen-bond acceptors (Lipinski definition) is 15.